The van der Waals surface area contributed by atoms with Crippen molar-refractivity contribution in [2.24, 2.45) is 11.3 Å². The Hall–Kier alpha value is -2.08. The van der Waals surface area contributed by atoms with Crippen molar-refractivity contribution in [2.45, 2.75) is 39.9 Å². The lowest BCUT2D eigenvalue weighted by Crippen LogP contribution is -2.43. The SMILES string of the molecule is COc1cccc(COC(C)C(=O)N2CCC(C(=O)O)(C(C)C)C2)c1. The fourth-order valence-corrected chi connectivity index (χ4v) is 3.23. The van der Waals surface area contributed by atoms with Crippen LogP contribution in [0, 0.1) is 11.3 Å². The number of aliphatic carboxylic acids is 1. The Labute approximate surface area is 148 Å². The van der Waals surface area contributed by atoms with Crippen LogP contribution in [0.2, 0.25) is 0 Å². The van der Waals surface area contributed by atoms with Crippen molar-refractivity contribution in [3.8, 4) is 5.75 Å². The summed E-state index contributed by atoms with van der Waals surface area (Å²) < 4.78 is 10.9. The van der Waals surface area contributed by atoms with E-state index in [0.29, 0.717) is 19.6 Å². The van der Waals surface area contributed by atoms with Crippen LogP contribution in [0.5, 0.6) is 5.75 Å². The molecule has 0 aromatic heterocycles. The molecule has 0 aliphatic carbocycles. The number of nitrogens with zero attached hydrogens (tertiary/aromatic N) is 1. The molecule has 0 bridgehead atoms. The third-order valence-corrected chi connectivity index (χ3v) is 5.13. The Morgan fingerprint density at radius 1 is 1.32 bits per heavy atom. The quantitative estimate of drug-likeness (QED) is 0.819. The maximum Gasteiger partial charge on any atom is 0.311 e. The van der Waals surface area contributed by atoms with E-state index in [-0.39, 0.29) is 18.4 Å². The Morgan fingerprint density at radius 3 is 2.60 bits per heavy atom. The molecular weight excluding hydrogens is 322 g/mol. The number of carboxylic acids is 1. The van der Waals surface area contributed by atoms with Crippen LogP contribution in [0.1, 0.15) is 32.8 Å². The van der Waals surface area contributed by atoms with Gasteiger partial charge in [-0.25, -0.2) is 0 Å². The Kier molecular flexibility index (Phi) is 6.06. The average Bonchev–Trinajstić information content (AvgIpc) is 3.06. The first-order valence-corrected chi connectivity index (χ1v) is 8.57. The van der Waals surface area contributed by atoms with Crippen molar-refractivity contribution >= 4 is 11.9 Å². The van der Waals surface area contributed by atoms with Gasteiger partial charge in [-0.1, -0.05) is 26.0 Å². The minimum absolute atomic E-state index is 0.0317. The predicted octanol–water partition coefficient (Wildman–Crippen LogP) is 2.56. The normalized spacial score (nSPS) is 21.4. The van der Waals surface area contributed by atoms with Crippen molar-refractivity contribution in [3.63, 3.8) is 0 Å². The molecule has 0 spiro atoms. The number of methoxy groups -OCH3 is 1. The van der Waals surface area contributed by atoms with Gasteiger partial charge in [-0.05, 0) is 37.0 Å². The van der Waals surface area contributed by atoms with Gasteiger partial charge in [-0.3, -0.25) is 9.59 Å². The molecule has 1 aromatic carbocycles. The van der Waals surface area contributed by atoms with Crippen LogP contribution >= 0.6 is 0 Å². The molecule has 2 atom stereocenters. The van der Waals surface area contributed by atoms with Crippen LogP contribution in [0.25, 0.3) is 0 Å². The molecule has 1 aliphatic rings. The van der Waals surface area contributed by atoms with E-state index in [1.54, 1.807) is 18.9 Å². The largest absolute Gasteiger partial charge is 0.497 e. The minimum atomic E-state index is -0.859. The van der Waals surface area contributed by atoms with Crippen molar-refractivity contribution in [2.75, 3.05) is 20.2 Å². The van der Waals surface area contributed by atoms with Gasteiger partial charge in [-0.2, -0.15) is 0 Å². The van der Waals surface area contributed by atoms with Gasteiger partial charge >= 0.3 is 5.97 Å². The number of hydrogen-bond acceptors (Lipinski definition) is 4. The van der Waals surface area contributed by atoms with Crippen molar-refractivity contribution in [1.82, 2.24) is 4.90 Å². The zero-order chi connectivity index (χ0) is 18.6. The number of benzene rings is 1. The maximum atomic E-state index is 12.6. The summed E-state index contributed by atoms with van der Waals surface area (Å²) in [7, 11) is 1.60. The highest BCUT2D eigenvalue weighted by Gasteiger charge is 2.48. The number of hydrogen-bond donors (Lipinski definition) is 1. The number of likely N-dealkylation sites (tertiary alicyclic amines) is 1. The van der Waals surface area contributed by atoms with Crippen LogP contribution in [-0.4, -0.2) is 48.2 Å². The number of carboxylic acid groups (broad SMARTS) is 1. The summed E-state index contributed by atoms with van der Waals surface area (Å²) in [5.74, 6) is -0.284. The molecule has 6 heteroatoms. The molecule has 1 saturated heterocycles. The van der Waals surface area contributed by atoms with E-state index in [9.17, 15) is 14.7 Å². The highest BCUT2D eigenvalue weighted by atomic mass is 16.5. The lowest BCUT2D eigenvalue weighted by atomic mass is 9.76. The van der Waals surface area contributed by atoms with E-state index in [1.165, 1.54) is 0 Å². The first-order valence-electron chi connectivity index (χ1n) is 8.57. The van der Waals surface area contributed by atoms with Crippen LogP contribution in [-0.2, 0) is 20.9 Å². The smallest absolute Gasteiger partial charge is 0.311 e. The summed E-state index contributed by atoms with van der Waals surface area (Å²) in [5, 5.41) is 9.59. The molecule has 2 rings (SSSR count). The van der Waals surface area contributed by atoms with Crippen molar-refractivity contribution < 1.29 is 24.2 Å². The molecule has 25 heavy (non-hydrogen) atoms. The van der Waals surface area contributed by atoms with Gasteiger partial charge in [0.05, 0.1) is 19.1 Å². The third-order valence-electron chi connectivity index (χ3n) is 5.13. The molecule has 1 aliphatic heterocycles. The van der Waals surface area contributed by atoms with Crippen LogP contribution < -0.4 is 4.74 Å². The van der Waals surface area contributed by atoms with Gasteiger partial charge < -0.3 is 19.5 Å². The average molecular weight is 349 g/mol. The minimum Gasteiger partial charge on any atom is -0.497 e. The molecule has 1 N–H and O–H groups in total. The highest BCUT2D eigenvalue weighted by molar-refractivity contribution is 5.83. The Morgan fingerprint density at radius 2 is 2.04 bits per heavy atom. The molecule has 138 valence electrons. The maximum absolute atomic E-state index is 12.6. The zero-order valence-electron chi connectivity index (χ0n) is 15.3. The van der Waals surface area contributed by atoms with E-state index in [2.05, 4.69) is 0 Å². The summed E-state index contributed by atoms with van der Waals surface area (Å²) >= 11 is 0. The molecule has 1 heterocycles. The van der Waals surface area contributed by atoms with E-state index in [0.717, 1.165) is 11.3 Å². The van der Waals surface area contributed by atoms with Gasteiger partial charge in [0.15, 0.2) is 0 Å². The summed E-state index contributed by atoms with van der Waals surface area (Å²) in [6.45, 7) is 6.49. The number of amides is 1. The van der Waals surface area contributed by atoms with Gasteiger partial charge in [0.1, 0.15) is 11.9 Å². The number of carbonyl (C=O) groups is 2. The van der Waals surface area contributed by atoms with Crippen LogP contribution in [0.4, 0.5) is 0 Å². The molecule has 6 nitrogen and oxygen atoms in total. The molecule has 0 radical (unpaired) electrons. The van der Waals surface area contributed by atoms with Gasteiger partial charge in [0.25, 0.3) is 5.91 Å². The summed E-state index contributed by atoms with van der Waals surface area (Å²) in [4.78, 5) is 25.9. The zero-order valence-corrected chi connectivity index (χ0v) is 15.3. The van der Waals surface area contributed by atoms with E-state index in [1.807, 2.05) is 38.1 Å². The van der Waals surface area contributed by atoms with Crippen LogP contribution in [0.15, 0.2) is 24.3 Å². The lowest BCUT2D eigenvalue weighted by Gasteiger charge is -2.29. The molecular formula is C19H27NO5. The first kappa shape index (κ1) is 19.2. The molecule has 1 amide bonds. The molecule has 2 unspecified atom stereocenters. The predicted molar refractivity (Wildman–Crippen MR) is 93.3 cm³/mol. The second-order valence-corrected chi connectivity index (χ2v) is 6.93. The second kappa shape index (κ2) is 7.87. The summed E-state index contributed by atoms with van der Waals surface area (Å²) in [5.41, 5.74) is 0.0600. The van der Waals surface area contributed by atoms with Gasteiger partial charge in [0.2, 0.25) is 0 Å². The Bertz CT molecular complexity index is 630. The topological polar surface area (TPSA) is 76.1 Å². The number of rotatable bonds is 7. The molecule has 1 aromatic rings. The van der Waals surface area contributed by atoms with Gasteiger partial charge in [-0.15, -0.1) is 0 Å². The molecule has 1 fully saturated rings. The van der Waals surface area contributed by atoms with Crippen molar-refractivity contribution in [3.05, 3.63) is 29.8 Å². The summed E-state index contributed by atoms with van der Waals surface area (Å²) in [6.07, 6.45) is -0.142. The summed E-state index contributed by atoms with van der Waals surface area (Å²) in [6, 6.07) is 7.49. The van der Waals surface area contributed by atoms with E-state index >= 15 is 0 Å². The highest BCUT2D eigenvalue weighted by Crippen LogP contribution is 2.38. The van der Waals surface area contributed by atoms with Crippen molar-refractivity contribution in [1.29, 1.82) is 0 Å². The van der Waals surface area contributed by atoms with Crippen LogP contribution in [0.3, 0.4) is 0 Å². The lowest BCUT2D eigenvalue weighted by molar-refractivity contribution is -0.152. The first-order chi connectivity index (χ1) is 11.8. The molecule has 0 saturated carbocycles. The van der Waals surface area contributed by atoms with E-state index < -0.39 is 17.5 Å². The third kappa shape index (κ3) is 4.12. The monoisotopic (exact) mass is 349 g/mol. The fraction of sp³-hybridized carbons (Fsp3) is 0.579. The second-order valence-electron chi connectivity index (χ2n) is 6.93. The number of ether oxygens (including phenoxy) is 2. The Balaban J connectivity index is 1.95. The standard InChI is InChI=1S/C19H27NO5/c1-13(2)19(18(22)23)8-9-20(12-19)17(21)14(3)25-11-15-6-5-7-16(10-15)24-4/h5-7,10,13-14H,8-9,11-12H2,1-4H3,(H,22,23). The number of carbonyl (C=O) groups excluding carboxylic acids is 1. The van der Waals surface area contributed by atoms with E-state index in [4.69, 9.17) is 9.47 Å². The fourth-order valence-electron chi connectivity index (χ4n) is 3.23. The van der Waals surface area contributed by atoms with Gasteiger partial charge in [0, 0.05) is 13.1 Å².